The molecule has 0 saturated heterocycles. The number of benzene rings is 2. The van der Waals surface area contributed by atoms with Gasteiger partial charge in [0.25, 0.3) is 0 Å². The van der Waals surface area contributed by atoms with E-state index in [4.69, 9.17) is 4.74 Å². The second-order valence-corrected chi connectivity index (χ2v) is 5.22. The molecule has 22 heavy (non-hydrogen) atoms. The third-order valence-electron chi connectivity index (χ3n) is 3.45. The van der Waals surface area contributed by atoms with Crippen LogP contribution in [0.4, 0.5) is 4.39 Å². The molecular formula is C18H20FNO2. The molecule has 2 rings (SSSR count). The van der Waals surface area contributed by atoms with E-state index in [9.17, 15) is 9.18 Å². The summed E-state index contributed by atoms with van der Waals surface area (Å²) in [6, 6.07) is 12.2. The molecule has 0 spiro atoms. The van der Waals surface area contributed by atoms with Crippen molar-refractivity contribution in [3.8, 4) is 5.75 Å². The van der Waals surface area contributed by atoms with Gasteiger partial charge < -0.3 is 10.1 Å². The topological polar surface area (TPSA) is 38.3 Å². The van der Waals surface area contributed by atoms with Gasteiger partial charge in [0, 0.05) is 0 Å². The fraction of sp³-hybridized carbons (Fsp3) is 0.278. The Bertz CT molecular complexity index is 655. The van der Waals surface area contributed by atoms with Gasteiger partial charge in [0.2, 0.25) is 5.91 Å². The third kappa shape index (κ3) is 4.58. The summed E-state index contributed by atoms with van der Waals surface area (Å²) in [6.07, 6.45) is 0.334. The van der Waals surface area contributed by atoms with Gasteiger partial charge in [0.05, 0.1) is 13.0 Å². The molecule has 2 aromatic carbocycles. The van der Waals surface area contributed by atoms with Crippen molar-refractivity contribution in [3.63, 3.8) is 0 Å². The molecule has 0 bridgehead atoms. The van der Waals surface area contributed by atoms with E-state index in [0.717, 1.165) is 5.56 Å². The van der Waals surface area contributed by atoms with Gasteiger partial charge in [-0.25, -0.2) is 4.39 Å². The van der Waals surface area contributed by atoms with Gasteiger partial charge in [-0.15, -0.1) is 0 Å². The van der Waals surface area contributed by atoms with Crippen LogP contribution < -0.4 is 10.1 Å². The highest BCUT2D eigenvalue weighted by atomic mass is 19.1. The van der Waals surface area contributed by atoms with Crippen molar-refractivity contribution in [3.05, 3.63) is 65.0 Å². The number of hydrogen-bond acceptors (Lipinski definition) is 2. The third-order valence-corrected chi connectivity index (χ3v) is 3.45. The molecule has 1 N–H and O–H groups in total. The molecule has 0 heterocycles. The second kappa shape index (κ2) is 7.59. The summed E-state index contributed by atoms with van der Waals surface area (Å²) in [5.41, 5.74) is 3.37. The molecule has 0 atom stereocenters. The van der Waals surface area contributed by atoms with E-state index in [1.54, 1.807) is 18.2 Å². The average molecular weight is 301 g/mol. The molecule has 0 unspecified atom stereocenters. The Labute approximate surface area is 130 Å². The minimum Gasteiger partial charge on any atom is -0.489 e. The minimum absolute atomic E-state index is 0.0691. The zero-order valence-electron chi connectivity index (χ0n) is 12.9. The first kappa shape index (κ1) is 16.0. The SMILES string of the molecule is Cc1ccc(CC(=O)NCCOc2ccccc2F)cc1C. The zero-order chi connectivity index (χ0) is 15.9. The van der Waals surface area contributed by atoms with Crippen LogP contribution in [0.3, 0.4) is 0 Å². The molecule has 3 nitrogen and oxygen atoms in total. The van der Waals surface area contributed by atoms with Crippen molar-refractivity contribution in [1.29, 1.82) is 0 Å². The van der Waals surface area contributed by atoms with E-state index in [0.29, 0.717) is 13.0 Å². The van der Waals surface area contributed by atoms with E-state index in [1.165, 1.54) is 17.2 Å². The van der Waals surface area contributed by atoms with Crippen LogP contribution in [0.25, 0.3) is 0 Å². The van der Waals surface area contributed by atoms with Gasteiger partial charge in [-0.1, -0.05) is 30.3 Å². The predicted molar refractivity (Wildman–Crippen MR) is 84.5 cm³/mol. The van der Waals surface area contributed by atoms with Crippen molar-refractivity contribution in [2.24, 2.45) is 0 Å². The molecule has 0 saturated carbocycles. The standard InChI is InChI=1S/C18H20FNO2/c1-13-7-8-15(11-14(13)2)12-18(21)20-9-10-22-17-6-4-3-5-16(17)19/h3-8,11H,9-10,12H2,1-2H3,(H,20,21). The number of rotatable bonds is 6. The fourth-order valence-electron chi connectivity index (χ4n) is 2.07. The highest BCUT2D eigenvalue weighted by Crippen LogP contribution is 2.14. The van der Waals surface area contributed by atoms with Crippen molar-refractivity contribution in [2.75, 3.05) is 13.2 Å². The number of nitrogens with one attached hydrogen (secondary N) is 1. The normalized spacial score (nSPS) is 10.3. The van der Waals surface area contributed by atoms with Crippen LogP contribution in [0, 0.1) is 19.7 Å². The Balaban J connectivity index is 1.74. The van der Waals surface area contributed by atoms with Gasteiger partial charge >= 0.3 is 0 Å². The lowest BCUT2D eigenvalue weighted by atomic mass is 10.0. The Hall–Kier alpha value is -2.36. The number of halogens is 1. The lowest BCUT2D eigenvalue weighted by molar-refractivity contribution is -0.120. The first-order chi connectivity index (χ1) is 10.6. The Morgan fingerprint density at radius 3 is 2.64 bits per heavy atom. The van der Waals surface area contributed by atoms with Gasteiger partial charge in [0.1, 0.15) is 6.61 Å². The Morgan fingerprint density at radius 2 is 1.91 bits per heavy atom. The zero-order valence-corrected chi connectivity index (χ0v) is 12.9. The van der Waals surface area contributed by atoms with E-state index < -0.39 is 5.82 Å². The van der Waals surface area contributed by atoms with Gasteiger partial charge in [0.15, 0.2) is 11.6 Å². The summed E-state index contributed by atoms with van der Waals surface area (Å²) in [7, 11) is 0. The Morgan fingerprint density at radius 1 is 1.14 bits per heavy atom. The number of carbonyl (C=O) groups is 1. The monoisotopic (exact) mass is 301 g/mol. The molecule has 4 heteroatoms. The first-order valence-electron chi connectivity index (χ1n) is 7.26. The minimum atomic E-state index is -0.399. The molecule has 116 valence electrons. The maximum absolute atomic E-state index is 13.3. The summed E-state index contributed by atoms with van der Waals surface area (Å²) in [4.78, 5) is 11.8. The van der Waals surface area contributed by atoms with Crippen molar-refractivity contribution in [2.45, 2.75) is 20.3 Å². The smallest absolute Gasteiger partial charge is 0.224 e. The fourth-order valence-corrected chi connectivity index (χ4v) is 2.07. The summed E-state index contributed by atoms with van der Waals surface area (Å²) >= 11 is 0. The summed E-state index contributed by atoms with van der Waals surface area (Å²) in [5, 5.41) is 2.77. The summed E-state index contributed by atoms with van der Waals surface area (Å²) < 4.78 is 18.6. The van der Waals surface area contributed by atoms with Crippen molar-refractivity contribution < 1.29 is 13.9 Å². The molecule has 1 amide bonds. The van der Waals surface area contributed by atoms with Crippen LogP contribution in [0.5, 0.6) is 5.75 Å². The lowest BCUT2D eigenvalue weighted by Crippen LogP contribution is -2.29. The molecule has 2 aromatic rings. The van der Waals surface area contributed by atoms with E-state index in [2.05, 4.69) is 5.32 Å². The molecule has 0 aliphatic heterocycles. The molecule has 0 aliphatic carbocycles. The molecular weight excluding hydrogens is 281 g/mol. The molecule has 0 fully saturated rings. The van der Waals surface area contributed by atoms with Crippen LogP contribution in [0.15, 0.2) is 42.5 Å². The number of carbonyl (C=O) groups excluding carboxylic acids is 1. The second-order valence-electron chi connectivity index (χ2n) is 5.22. The lowest BCUT2D eigenvalue weighted by Gasteiger charge is -2.09. The molecule has 0 radical (unpaired) electrons. The van der Waals surface area contributed by atoms with E-state index in [-0.39, 0.29) is 18.3 Å². The van der Waals surface area contributed by atoms with Crippen LogP contribution in [-0.2, 0) is 11.2 Å². The quantitative estimate of drug-likeness (QED) is 0.832. The van der Waals surface area contributed by atoms with Crippen molar-refractivity contribution in [1.82, 2.24) is 5.32 Å². The number of para-hydroxylation sites is 1. The summed E-state index contributed by atoms with van der Waals surface area (Å²) in [6.45, 7) is 4.65. The largest absolute Gasteiger partial charge is 0.489 e. The maximum Gasteiger partial charge on any atom is 0.224 e. The van der Waals surface area contributed by atoms with Crippen LogP contribution in [0.2, 0.25) is 0 Å². The van der Waals surface area contributed by atoms with Crippen LogP contribution >= 0.6 is 0 Å². The van der Waals surface area contributed by atoms with E-state index >= 15 is 0 Å². The average Bonchev–Trinajstić information content (AvgIpc) is 2.49. The number of aryl methyl sites for hydroxylation is 2. The highest BCUT2D eigenvalue weighted by Gasteiger charge is 2.05. The Kier molecular flexibility index (Phi) is 5.53. The number of ether oxygens (including phenoxy) is 1. The van der Waals surface area contributed by atoms with Crippen LogP contribution in [0.1, 0.15) is 16.7 Å². The maximum atomic E-state index is 13.3. The van der Waals surface area contributed by atoms with Crippen LogP contribution in [-0.4, -0.2) is 19.1 Å². The van der Waals surface area contributed by atoms with Gasteiger partial charge in [-0.2, -0.15) is 0 Å². The highest BCUT2D eigenvalue weighted by molar-refractivity contribution is 5.78. The van der Waals surface area contributed by atoms with Crippen molar-refractivity contribution >= 4 is 5.91 Å². The predicted octanol–water partition coefficient (Wildman–Crippen LogP) is 3.18. The van der Waals surface area contributed by atoms with Gasteiger partial charge in [-0.3, -0.25) is 4.79 Å². The summed E-state index contributed by atoms with van der Waals surface area (Å²) in [5.74, 6) is -0.268. The molecule has 0 aliphatic rings. The number of hydrogen-bond donors (Lipinski definition) is 1. The van der Waals surface area contributed by atoms with Gasteiger partial charge in [-0.05, 0) is 42.7 Å². The number of amides is 1. The van der Waals surface area contributed by atoms with E-state index in [1.807, 2.05) is 32.0 Å². The first-order valence-corrected chi connectivity index (χ1v) is 7.26. The molecule has 0 aromatic heterocycles.